The molecule has 1 aliphatic heterocycles. The van der Waals surface area contributed by atoms with Crippen molar-refractivity contribution in [2.24, 2.45) is 11.3 Å². The van der Waals surface area contributed by atoms with Gasteiger partial charge in [0.25, 0.3) is 0 Å². The zero-order valence-electron chi connectivity index (χ0n) is 10.2. The fourth-order valence-corrected chi connectivity index (χ4v) is 1.23. The molecule has 1 amide bonds. The lowest BCUT2D eigenvalue weighted by Gasteiger charge is -2.33. The number of hydrogen-bond acceptors (Lipinski definition) is 3. The Labute approximate surface area is 91.9 Å². The van der Waals surface area contributed by atoms with Crippen LogP contribution in [0.2, 0.25) is 0 Å². The summed E-state index contributed by atoms with van der Waals surface area (Å²) in [6, 6.07) is 0. The molecule has 4 nitrogen and oxygen atoms in total. The fourth-order valence-electron chi connectivity index (χ4n) is 1.23. The van der Waals surface area contributed by atoms with Gasteiger partial charge in [0.1, 0.15) is 0 Å². The summed E-state index contributed by atoms with van der Waals surface area (Å²) in [6.45, 7) is 11.0. The second kappa shape index (κ2) is 4.94. The lowest BCUT2D eigenvalue weighted by atomic mass is 9.80. The molecular formula is C11H22N2O2. The van der Waals surface area contributed by atoms with Gasteiger partial charge in [-0.25, -0.2) is 5.01 Å². The van der Waals surface area contributed by atoms with Gasteiger partial charge in [0.05, 0.1) is 13.2 Å². The third-order valence-corrected chi connectivity index (χ3v) is 3.30. The van der Waals surface area contributed by atoms with E-state index in [-0.39, 0.29) is 11.3 Å². The summed E-state index contributed by atoms with van der Waals surface area (Å²) >= 11 is 0. The Balaban J connectivity index is 2.46. The number of morpholine rings is 1. The van der Waals surface area contributed by atoms with Gasteiger partial charge in [-0.15, -0.1) is 0 Å². The minimum absolute atomic E-state index is 0.0967. The maximum absolute atomic E-state index is 12.0. The first-order valence-electron chi connectivity index (χ1n) is 5.58. The average Bonchev–Trinajstić information content (AvgIpc) is 2.18. The molecule has 0 unspecified atom stereocenters. The van der Waals surface area contributed by atoms with E-state index in [1.54, 1.807) is 0 Å². The third-order valence-electron chi connectivity index (χ3n) is 3.30. The first-order valence-corrected chi connectivity index (χ1v) is 5.58. The molecule has 0 aliphatic carbocycles. The number of carbonyl (C=O) groups is 1. The maximum atomic E-state index is 12.0. The van der Waals surface area contributed by atoms with E-state index in [9.17, 15) is 4.79 Å². The van der Waals surface area contributed by atoms with Crippen molar-refractivity contribution in [2.45, 2.75) is 27.7 Å². The molecule has 1 N–H and O–H groups in total. The van der Waals surface area contributed by atoms with Gasteiger partial charge in [-0.1, -0.05) is 27.7 Å². The summed E-state index contributed by atoms with van der Waals surface area (Å²) in [5.74, 6) is 0.429. The summed E-state index contributed by atoms with van der Waals surface area (Å²) in [7, 11) is 0. The van der Waals surface area contributed by atoms with E-state index in [2.05, 4.69) is 19.3 Å². The maximum Gasteiger partial charge on any atom is 0.240 e. The van der Waals surface area contributed by atoms with Crippen molar-refractivity contribution in [1.82, 2.24) is 10.4 Å². The highest BCUT2D eigenvalue weighted by molar-refractivity contribution is 5.81. The first kappa shape index (κ1) is 12.5. The van der Waals surface area contributed by atoms with E-state index in [1.165, 1.54) is 0 Å². The van der Waals surface area contributed by atoms with Crippen LogP contribution in [0.15, 0.2) is 0 Å². The van der Waals surface area contributed by atoms with E-state index in [1.807, 2.05) is 18.9 Å². The number of nitrogens with zero attached hydrogens (tertiary/aromatic N) is 1. The molecule has 1 saturated heterocycles. The fraction of sp³-hybridized carbons (Fsp3) is 0.909. The van der Waals surface area contributed by atoms with Crippen molar-refractivity contribution in [3.05, 3.63) is 0 Å². The Hall–Kier alpha value is -0.610. The molecule has 0 radical (unpaired) electrons. The van der Waals surface area contributed by atoms with Gasteiger partial charge in [0, 0.05) is 18.5 Å². The summed E-state index contributed by atoms with van der Waals surface area (Å²) in [6.07, 6.45) is 0. The van der Waals surface area contributed by atoms with E-state index in [4.69, 9.17) is 4.74 Å². The third kappa shape index (κ3) is 3.18. The minimum Gasteiger partial charge on any atom is -0.379 e. The molecule has 4 heteroatoms. The minimum atomic E-state index is -0.321. The van der Waals surface area contributed by atoms with E-state index in [0.29, 0.717) is 19.1 Å². The zero-order valence-corrected chi connectivity index (χ0v) is 10.2. The monoisotopic (exact) mass is 214 g/mol. The van der Waals surface area contributed by atoms with Gasteiger partial charge in [-0.05, 0) is 5.92 Å². The number of hydrazine groups is 1. The SMILES string of the molecule is CC(C)C(C)(C)C(=O)NN1CCOCC1. The van der Waals surface area contributed by atoms with Gasteiger partial charge < -0.3 is 4.74 Å². The highest BCUT2D eigenvalue weighted by atomic mass is 16.5. The molecule has 15 heavy (non-hydrogen) atoms. The topological polar surface area (TPSA) is 41.6 Å². The molecule has 0 aromatic carbocycles. The Morgan fingerprint density at radius 3 is 2.33 bits per heavy atom. The lowest BCUT2D eigenvalue weighted by molar-refractivity contribution is -0.138. The molecule has 0 bridgehead atoms. The van der Waals surface area contributed by atoms with Gasteiger partial charge in [-0.2, -0.15) is 0 Å². The highest BCUT2D eigenvalue weighted by Gasteiger charge is 2.32. The molecule has 0 aromatic heterocycles. The van der Waals surface area contributed by atoms with Crippen molar-refractivity contribution >= 4 is 5.91 Å². The van der Waals surface area contributed by atoms with Gasteiger partial charge >= 0.3 is 0 Å². The number of amides is 1. The van der Waals surface area contributed by atoms with E-state index < -0.39 is 0 Å². The second-order valence-corrected chi connectivity index (χ2v) is 4.92. The smallest absolute Gasteiger partial charge is 0.240 e. The van der Waals surface area contributed by atoms with Crippen LogP contribution in [0.25, 0.3) is 0 Å². The average molecular weight is 214 g/mol. The molecule has 0 atom stereocenters. The number of ether oxygens (including phenoxy) is 1. The van der Waals surface area contributed by atoms with Crippen molar-refractivity contribution < 1.29 is 9.53 Å². The summed E-state index contributed by atoms with van der Waals surface area (Å²) in [4.78, 5) is 12.0. The Kier molecular flexibility index (Phi) is 4.11. The Morgan fingerprint density at radius 1 is 1.33 bits per heavy atom. The Morgan fingerprint density at radius 2 is 1.87 bits per heavy atom. The molecule has 1 heterocycles. The van der Waals surface area contributed by atoms with Gasteiger partial charge in [-0.3, -0.25) is 10.2 Å². The van der Waals surface area contributed by atoms with Crippen LogP contribution in [-0.4, -0.2) is 37.2 Å². The van der Waals surface area contributed by atoms with E-state index in [0.717, 1.165) is 13.1 Å². The van der Waals surface area contributed by atoms with Crippen molar-refractivity contribution in [3.8, 4) is 0 Å². The quantitative estimate of drug-likeness (QED) is 0.763. The molecule has 0 aromatic rings. The standard InChI is InChI=1S/C11H22N2O2/c1-9(2)11(3,4)10(14)12-13-5-7-15-8-6-13/h9H,5-8H2,1-4H3,(H,12,14). The van der Waals surface area contributed by atoms with Crippen LogP contribution in [0, 0.1) is 11.3 Å². The van der Waals surface area contributed by atoms with Crippen LogP contribution >= 0.6 is 0 Å². The van der Waals surface area contributed by atoms with Crippen LogP contribution in [0.3, 0.4) is 0 Å². The summed E-state index contributed by atoms with van der Waals surface area (Å²) in [5.41, 5.74) is 2.63. The lowest BCUT2D eigenvalue weighted by Crippen LogP contribution is -2.53. The summed E-state index contributed by atoms with van der Waals surface area (Å²) in [5, 5.41) is 1.94. The van der Waals surface area contributed by atoms with Crippen LogP contribution in [0.1, 0.15) is 27.7 Å². The molecule has 0 spiro atoms. The van der Waals surface area contributed by atoms with Crippen molar-refractivity contribution in [2.75, 3.05) is 26.3 Å². The predicted octanol–water partition coefficient (Wildman–Crippen LogP) is 1.03. The summed E-state index contributed by atoms with van der Waals surface area (Å²) < 4.78 is 5.22. The molecular weight excluding hydrogens is 192 g/mol. The number of nitrogens with one attached hydrogen (secondary N) is 1. The number of carbonyl (C=O) groups excluding carboxylic acids is 1. The first-order chi connectivity index (χ1) is 6.94. The van der Waals surface area contributed by atoms with Gasteiger partial charge in [0.15, 0.2) is 0 Å². The van der Waals surface area contributed by atoms with Crippen molar-refractivity contribution in [1.29, 1.82) is 0 Å². The molecule has 1 aliphatic rings. The number of rotatable bonds is 3. The van der Waals surface area contributed by atoms with Crippen LogP contribution in [0.4, 0.5) is 0 Å². The number of hydrogen-bond donors (Lipinski definition) is 1. The molecule has 88 valence electrons. The second-order valence-electron chi connectivity index (χ2n) is 4.92. The predicted molar refractivity (Wildman–Crippen MR) is 59.2 cm³/mol. The van der Waals surface area contributed by atoms with E-state index >= 15 is 0 Å². The van der Waals surface area contributed by atoms with Gasteiger partial charge in [0.2, 0.25) is 5.91 Å². The van der Waals surface area contributed by atoms with Crippen LogP contribution < -0.4 is 5.43 Å². The zero-order chi connectivity index (χ0) is 11.5. The largest absolute Gasteiger partial charge is 0.379 e. The molecule has 1 rings (SSSR count). The normalized spacial score (nSPS) is 19.3. The van der Waals surface area contributed by atoms with Crippen LogP contribution in [-0.2, 0) is 9.53 Å². The Bertz CT molecular complexity index is 221. The van der Waals surface area contributed by atoms with Crippen LogP contribution in [0.5, 0.6) is 0 Å². The highest BCUT2D eigenvalue weighted by Crippen LogP contribution is 2.26. The molecule has 0 saturated carbocycles. The van der Waals surface area contributed by atoms with Crippen molar-refractivity contribution in [3.63, 3.8) is 0 Å². The molecule has 1 fully saturated rings.